The number of rotatable bonds is 3. The van der Waals surface area contributed by atoms with Crippen molar-refractivity contribution in [2.45, 2.75) is 19.3 Å². The highest BCUT2D eigenvalue weighted by Crippen LogP contribution is 2.35. The molecule has 0 bridgehead atoms. The summed E-state index contributed by atoms with van der Waals surface area (Å²) in [4.78, 5) is 27.2. The highest BCUT2D eigenvalue weighted by atomic mass is 35.5. The van der Waals surface area contributed by atoms with E-state index in [0.717, 1.165) is 5.56 Å². The Balaban J connectivity index is 2.52. The summed E-state index contributed by atoms with van der Waals surface area (Å²) in [5.41, 5.74) is 1.44. The molecule has 1 heterocycles. The first-order valence-corrected chi connectivity index (χ1v) is 6.60. The predicted octanol–water partition coefficient (Wildman–Crippen LogP) is 2.83. The van der Waals surface area contributed by atoms with E-state index in [1.54, 1.807) is 31.2 Å². The number of carbonyl (C=O) groups excluding carboxylic acids is 1. The van der Waals surface area contributed by atoms with Gasteiger partial charge in [0.1, 0.15) is 0 Å². The maximum Gasteiger partial charge on any atom is 0.334 e. The van der Waals surface area contributed by atoms with Gasteiger partial charge in [0.2, 0.25) is 5.78 Å². The molecule has 1 aromatic carbocycles. The van der Waals surface area contributed by atoms with Gasteiger partial charge >= 0.3 is 5.97 Å². The Morgan fingerprint density at radius 2 is 2.00 bits per heavy atom. The Bertz CT molecular complexity index is 708. The number of carboxylic acid groups (broad SMARTS) is 1. The van der Waals surface area contributed by atoms with Gasteiger partial charge in [0.15, 0.2) is 0 Å². The monoisotopic (exact) mass is 301 g/mol. The van der Waals surface area contributed by atoms with Crippen molar-refractivity contribution in [3.63, 3.8) is 0 Å². The number of nitrogens with zero attached hydrogens (tertiary/aromatic N) is 1. The standard InChI is InChI=1S/C16H12ClNO3/c1-3-14(19)13-8-12(10-4-6-11(17)7-5-10)15(16(20)21)9(2)18-13/h1,4-7,12H,8H2,2H3,(H,20,21). The molecule has 2 rings (SSSR count). The molecule has 0 saturated heterocycles. The van der Waals surface area contributed by atoms with Gasteiger partial charge in [-0.3, -0.25) is 9.79 Å². The summed E-state index contributed by atoms with van der Waals surface area (Å²) in [7, 11) is 0. The van der Waals surface area contributed by atoms with Crippen molar-refractivity contribution in [1.29, 1.82) is 0 Å². The van der Waals surface area contributed by atoms with Crippen LogP contribution in [0.4, 0.5) is 0 Å². The van der Waals surface area contributed by atoms with Crippen LogP contribution in [0, 0.1) is 12.3 Å². The van der Waals surface area contributed by atoms with E-state index in [0.29, 0.717) is 10.7 Å². The number of halogens is 1. The van der Waals surface area contributed by atoms with E-state index in [4.69, 9.17) is 18.0 Å². The normalized spacial score (nSPS) is 18.0. The average molecular weight is 302 g/mol. The molecule has 4 nitrogen and oxygen atoms in total. The van der Waals surface area contributed by atoms with Gasteiger partial charge in [-0.05, 0) is 30.5 Å². The minimum atomic E-state index is -1.05. The van der Waals surface area contributed by atoms with Crippen molar-refractivity contribution in [3.05, 3.63) is 46.1 Å². The molecule has 1 aliphatic heterocycles. The number of hydrogen-bond donors (Lipinski definition) is 1. The second-order valence-electron chi connectivity index (χ2n) is 4.64. The number of aliphatic carboxylic acids is 1. The van der Waals surface area contributed by atoms with E-state index >= 15 is 0 Å². The van der Waals surface area contributed by atoms with E-state index in [-0.39, 0.29) is 17.7 Å². The number of terminal acetylenes is 1. The van der Waals surface area contributed by atoms with Crippen molar-refractivity contribution < 1.29 is 14.7 Å². The average Bonchev–Trinajstić information content (AvgIpc) is 2.45. The third-order valence-electron chi connectivity index (χ3n) is 3.33. The van der Waals surface area contributed by atoms with Crippen molar-refractivity contribution >= 4 is 29.1 Å². The minimum absolute atomic E-state index is 0.170. The summed E-state index contributed by atoms with van der Waals surface area (Å²) in [6.45, 7) is 1.56. The smallest absolute Gasteiger partial charge is 0.334 e. The molecule has 0 fully saturated rings. The summed E-state index contributed by atoms with van der Waals surface area (Å²) in [5, 5.41) is 9.95. The zero-order valence-electron chi connectivity index (χ0n) is 11.3. The van der Waals surface area contributed by atoms with Gasteiger partial charge in [0, 0.05) is 23.1 Å². The largest absolute Gasteiger partial charge is 0.478 e. The highest BCUT2D eigenvalue weighted by Gasteiger charge is 2.31. The van der Waals surface area contributed by atoms with Crippen molar-refractivity contribution in [2.24, 2.45) is 4.99 Å². The summed E-state index contributed by atoms with van der Waals surface area (Å²) in [5.74, 6) is -0.0168. The van der Waals surface area contributed by atoms with Crippen LogP contribution in [0.5, 0.6) is 0 Å². The van der Waals surface area contributed by atoms with Crippen LogP contribution >= 0.6 is 11.6 Å². The molecule has 1 unspecified atom stereocenters. The second-order valence-corrected chi connectivity index (χ2v) is 5.08. The Morgan fingerprint density at radius 3 is 2.52 bits per heavy atom. The number of ketones is 1. The number of benzene rings is 1. The number of carbonyl (C=O) groups is 2. The van der Waals surface area contributed by atoms with Crippen LogP contribution in [0.25, 0.3) is 0 Å². The van der Waals surface area contributed by atoms with Crippen LogP contribution in [-0.2, 0) is 9.59 Å². The van der Waals surface area contributed by atoms with Gasteiger partial charge in [-0.15, -0.1) is 6.42 Å². The van der Waals surface area contributed by atoms with E-state index in [1.165, 1.54) is 0 Å². The molecule has 0 aliphatic carbocycles. The van der Waals surface area contributed by atoms with E-state index < -0.39 is 17.7 Å². The predicted molar refractivity (Wildman–Crippen MR) is 80.4 cm³/mol. The summed E-state index contributed by atoms with van der Waals surface area (Å²) in [6, 6.07) is 6.85. The lowest BCUT2D eigenvalue weighted by molar-refractivity contribution is -0.133. The van der Waals surface area contributed by atoms with Crippen molar-refractivity contribution in [2.75, 3.05) is 0 Å². The Labute approximate surface area is 127 Å². The van der Waals surface area contributed by atoms with E-state index in [9.17, 15) is 14.7 Å². The lowest BCUT2D eigenvalue weighted by atomic mass is 9.83. The summed E-state index contributed by atoms with van der Waals surface area (Å²) < 4.78 is 0. The topological polar surface area (TPSA) is 66.7 Å². The fraction of sp³-hybridized carbons (Fsp3) is 0.188. The molecule has 1 N–H and O–H groups in total. The van der Waals surface area contributed by atoms with E-state index in [1.807, 2.05) is 5.92 Å². The molecule has 0 amide bonds. The third-order valence-corrected chi connectivity index (χ3v) is 3.59. The van der Waals surface area contributed by atoms with Crippen LogP contribution < -0.4 is 0 Å². The Kier molecular flexibility index (Phi) is 4.25. The maximum absolute atomic E-state index is 11.7. The molecular formula is C16H12ClNO3. The second kappa shape index (κ2) is 5.94. The first-order chi connectivity index (χ1) is 9.93. The number of carboxylic acids is 1. The maximum atomic E-state index is 11.7. The zero-order valence-corrected chi connectivity index (χ0v) is 12.0. The minimum Gasteiger partial charge on any atom is -0.478 e. The Hall–Kier alpha value is -2.38. The molecule has 1 atom stereocenters. The highest BCUT2D eigenvalue weighted by molar-refractivity contribution is 6.46. The number of allylic oxidation sites excluding steroid dienone is 1. The third kappa shape index (κ3) is 3.04. The summed E-state index contributed by atoms with van der Waals surface area (Å²) in [6.07, 6.45) is 5.29. The fourth-order valence-electron chi connectivity index (χ4n) is 2.37. The molecule has 106 valence electrons. The molecule has 0 radical (unpaired) electrons. The molecule has 1 aliphatic rings. The van der Waals surface area contributed by atoms with Crippen LogP contribution in [0.1, 0.15) is 24.8 Å². The summed E-state index contributed by atoms with van der Waals surface area (Å²) >= 11 is 5.85. The van der Waals surface area contributed by atoms with Gasteiger partial charge in [-0.2, -0.15) is 0 Å². The van der Waals surface area contributed by atoms with Gasteiger partial charge in [-0.1, -0.05) is 23.7 Å². The van der Waals surface area contributed by atoms with Gasteiger partial charge in [0.05, 0.1) is 11.3 Å². The first kappa shape index (κ1) is 15.0. The van der Waals surface area contributed by atoms with Gasteiger partial charge < -0.3 is 5.11 Å². The SMILES string of the molecule is C#CC(=O)C1=NC(C)=C(C(=O)O)C(c2ccc(Cl)cc2)C1. The van der Waals surface area contributed by atoms with Crippen molar-refractivity contribution in [1.82, 2.24) is 0 Å². The fourth-order valence-corrected chi connectivity index (χ4v) is 2.49. The van der Waals surface area contributed by atoms with Crippen LogP contribution in [0.15, 0.2) is 40.5 Å². The van der Waals surface area contributed by atoms with E-state index in [2.05, 4.69) is 4.99 Å². The number of aliphatic imine (C=N–C) groups is 1. The quantitative estimate of drug-likeness (QED) is 0.689. The van der Waals surface area contributed by atoms with Crippen LogP contribution in [-0.4, -0.2) is 22.6 Å². The Morgan fingerprint density at radius 1 is 1.38 bits per heavy atom. The molecule has 5 heteroatoms. The van der Waals surface area contributed by atoms with Gasteiger partial charge in [-0.25, -0.2) is 4.79 Å². The molecule has 21 heavy (non-hydrogen) atoms. The first-order valence-electron chi connectivity index (χ1n) is 6.22. The van der Waals surface area contributed by atoms with Crippen molar-refractivity contribution in [3.8, 4) is 12.3 Å². The number of hydrogen-bond acceptors (Lipinski definition) is 3. The van der Waals surface area contributed by atoms with Crippen LogP contribution in [0.3, 0.4) is 0 Å². The van der Waals surface area contributed by atoms with Crippen LogP contribution in [0.2, 0.25) is 5.02 Å². The number of Topliss-reactive ketones (excluding diaryl/α,β-unsaturated/α-hetero) is 1. The zero-order chi connectivity index (χ0) is 15.6. The molecule has 0 spiro atoms. The molecule has 1 aromatic rings. The molecule has 0 saturated carbocycles. The lowest BCUT2D eigenvalue weighted by Crippen LogP contribution is -2.24. The molecular weight excluding hydrogens is 290 g/mol. The van der Waals surface area contributed by atoms with Gasteiger partial charge in [0.25, 0.3) is 0 Å². The molecule has 0 aromatic heterocycles. The lowest BCUT2D eigenvalue weighted by Gasteiger charge is -2.23.